The Morgan fingerprint density at radius 3 is 2.35 bits per heavy atom. The lowest BCUT2D eigenvalue weighted by Crippen LogP contribution is -2.49. The molecule has 4 aliphatic rings. The van der Waals surface area contributed by atoms with Crippen molar-refractivity contribution in [1.82, 2.24) is 15.5 Å². The van der Waals surface area contributed by atoms with E-state index in [1.807, 2.05) is 0 Å². The van der Waals surface area contributed by atoms with Gasteiger partial charge in [-0.15, -0.1) is 0 Å². The van der Waals surface area contributed by atoms with E-state index in [2.05, 4.69) is 24.3 Å². The maximum atomic E-state index is 5.54. The molecule has 1 N–H and O–H groups in total. The third-order valence-electron chi connectivity index (χ3n) is 5.84. The van der Waals surface area contributed by atoms with E-state index in [9.17, 15) is 0 Å². The van der Waals surface area contributed by atoms with E-state index < -0.39 is 0 Å². The van der Waals surface area contributed by atoms with Gasteiger partial charge in [0.2, 0.25) is 5.89 Å². The molecule has 4 aliphatic carbocycles. The number of rotatable bonds is 4. The summed E-state index contributed by atoms with van der Waals surface area (Å²) in [6.45, 7) is 5.13. The molecule has 110 valence electrons. The second-order valence-electron chi connectivity index (χ2n) is 7.43. The largest absolute Gasteiger partial charge is 0.338 e. The van der Waals surface area contributed by atoms with Crippen LogP contribution in [0.25, 0.3) is 0 Å². The Labute approximate surface area is 120 Å². The van der Waals surface area contributed by atoms with Crippen molar-refractivity contribution in [2.24, 2.45) is 17.8 Å². The van der Waals surface area contributed by atoms with Gasteiger partial charge in [-0.2, -0.15) is 4.98 Å². The molecule has 4 bridgehead atoms. The van der Waals surface area contributed by atoms with Crippen LogP contribution in [0.3, 0.4) is 0 Å². The van der Waals surface area contributed by atoms with E-state index in [1.54, 1.807) is 0 Å². The molecule has 1 heterocycles. The Morgan fingerprint density at radius 2 is 1.80 bits per heavy atom. The van der Waals surface area contributed by atoms with Gasteiger partial charge in [0.15, 0.2) is 5.82 Å². The molecule has 4 saturated carbocycles. The Hall–Kier alpha value is -0.900. The molecule has 4 heteroatoms. The SMILES string of the molecule is CCNC(C)c1nc(C23CC4CC(CC(C4)C2)C3)no1. The van der Waals surface area contributed by atoms with Crippen LogP contribution in [0.15, 0.2) is 4.52 Å². The minimum atomic E-state index is 0.162. The van der Waals surface area contributed by atoms with Gasteiger partial charge in [0, 0.05) is 5.41 Å². The molecule has 4 nitrogen and oxygen atoms in total. The van der Waals surface area contributed by atoms with Gasteiger partial charge in [0.05, 0.1) is 6.04 Å². The molecular formula is C16H25N3O. The fourth-order valence-electron chi connectivity index (χ4n) is 5.40. The zero-order chi connectivity index (χ0) is 13.7. The molecule has 1 atom stereocenters. The van der Waals surface area contributed by atoms with Crippen molar-refractivity contribution in [2.45, 2.75) is 63.8 Å². The van der Waals surface area contributed by atoms with Crippen LogP contribution in [0.4, 0.5) is 0 Å². The minimum Gasteiger partial charge on any atom is -0.338 e. The molecule has 0 aliphatic heterocycles. The number of hydrogen-bond donors (Lipinski definition) is 1. The second kappa shape index (κ2) is 4.55. The summed E-state index contributed by atoms with van der Waals surface area (Å²) in [6, 6.07) is 0.162. The minimum absolute atomic E-state index is 0.162. The summed E-state index contributed by atoms with van der Waals surface area (Å²) in [5, 5.41) is 7.74. The van der Waals surface area contributed by atoms with E-state index in [-0.39, 0.29) is 11.5 Å². The second-order valence-corrected chi connectivity index (χ2v) is 7.43. The maximum Gasteiger partial charge on any atom is 0.243 e. The van der Waals surface area contributed by atoms with Crippen molar-refractivity contribution in [3.8, 4) is 0 Å². The van der Waals surface area contributed by atoms with Crippen molar-refractivity contribution in [1.29, 1.82) is 0 Å². The van der Waals surface area contributed by atoms with Crippen LogP contribution in [0.2, 0.25) is 0 Å². The van der Waals surface area contributed by atoms with Crippen LogP contribution < -0.4 is 5.32 Å². The van der Waals surface area contributed by atoms with Crippen LogP contribution >= 0.6 is 0 Å². The topological polar surface area (TPSA) is 51.0 Å². The van der Waals surface area contributed by atoms with Crippen LogP contribution in [-0.4, -0.2) is 16.7 Å². The fraction of sp³-hybridized carbons (Fsp3) is 0.875. The summed E-state index contributed by atoms with van der Waals surface area (Å²) in [5.74, 6) is 4.55. The highest BCUT2D eigenvalue weighted by Gasteiger charge is 2.53. The van der Waals surface area contributed by atoms with Crippen LogP contribution in [0.5, 0.6) is 0 Å². The van der Waals surface area contributed by atoms with Crippen molar-refractivity contribution in [2.75, 3.05) is 6.54 Å². The van der Waals surface area contributed by atoms with Gasteiger partial charge in [-0.1, -0.05) is 12.1 Å². The first-order chi connectivity index (χ1) is 9.68. The summed E-state index contributed by atoms with van der Waals surface area (Å²) < 4.78 is 5.54. The van der Waals surface area contributed by atoms with E-state index in [4.69, 9.17) is 9.51 Å². The standard InChI is InChI=1S/C16H25N3O/c1-3-17-10(2)14-18-15(19-20-14)16-7-11-4-12(8-16)6-13(5-11)9-16/h10-13,17H,3-9H2,1-2H3. The average molecular weight is 275 g/mol. The van der Waals surface area contributed by atoms with Gasteiger partial charge in [0.1, 0.15) is 0 Å². The molecule has 0 amide bonds. The van der Waals surface area contributed by atoms with E-state index >= 15 is 0 Å². The third-order valence-corrected chi connectivity index (χ3v) is 5.84. The van der Waals surface area contributed by atoms with Crippen LogP contribution in [-0.2, 0) is 5.41 Å². The van der Waals surface area contributed by atoms with E-state index in [1.165, 1.54) is 38.5 Å². The number of nitrogens with one attached hydrogen (secondary N) is 1. The molecule has 0 spiro atoms. The Bertz CT molecular complexity index is 460. The fourth-order valence-corrected chi connectivity index (χ4v) is 5.40. The van der Waals surface area contributed by atoms with Crippen molar-refractivity contribution in [3.63, 3.8) is 0 Å². The van der Waals surface area contributed by atoms with E-state index in [0.29, 0.717) is 0 Å². The highest BCUT2D eigenvalue weighted by Crippen LogP contribution is 2.60. The number of nitrogens with zero attached hydrogens (tertiary/aromatic N) is 2. The molecule has 0 aromatic carbocycles. The summed E-state index contributed by atoms with van der Waals surface area (Å²) in [5.41, 5.74) is 0.252. The summed E-state index contributed by atoms with van der Waals surface area (Å²) in [6.07, 6.45) is 8.27. The average Bonchev–Trinajstić information content (AvgIpc) is 2.87. The zero-order valence-corrected chi connectivity index (χ0v) is 12.6. The lowest BCUT2D eigenvalue weighted by atomic mass is 9.49. The smallest absolute Gasteiger partial charge is 0.243 e. The molecule has 0 radical (unpaired) electrons. The first-order valence-corrected chi connectivity index (χ1v) is 8.26. The highest BCUT2D eigenvalue weighted by molar-refractivity contribution is 5.16. The van der Waals surface area contributed by atoms with Crippen LogP contribution in [0, 0.1) is 17.8 Å². The molecule has 5 rings (SSSR count). The molecule has 1 aromatic rings. The molecular weight excluding hydrogens is 250 g/mol. The Kier molecular flexibility index (Phi) is 2.92. The van der Waals surface area contributed by atoms with Crippen molar-refractivity contribution < 1.29 is 4.52 Å². The summed E-state index contributed by atoms with van der Waals surface area (Å²) in [4.78, 5) is 4.78. The van der Waals surface area contributed by atoms with Crippen molar-refractivity contribution in [3.05, 3.63) is 11.7 Å². The van der Waals surface area contributed by atoms with Gasteiger partial charge >= 0.3 is 0 Å². The first-order valence-electron chi connectivity index (χ1n) is 8.26. The third kappa shape index (κ3) is 1.92. The van der Waals surface area contributed by atoms with Gasteiger partial charge in [-0.05, 0) is 69.7 Å². The van der Waals surface area contributed by atoms with Crippen molar-refractivity contribution >= 4 is 0 Å². The number of aromatic nitrogens is 2. The predicted molar refractivity (Wildman–Crippen MR) is 76.2 cm³/mol. The molecule has 4 fully saturated rings. The molecule has 1 unspecified atom stereocenters. The zero-order valence-electron chi connectivity index (χ0n) is 12.6. The highest BCUT2D eigenvalue weighted by atomic mass is 16.5. The van der Waals surface area contributed by atoms with Gasteiger partial charge in [-0.3, -0.25) is 0 Å². The van der Waals surface area contributed by atoms with E-state index in [0.717, 1.165) is 36.0 Å². The predicted octanol–water partition coefficient (Wildman–Crippen LogP) is 3.21. The Balaban J connectivity index is 1.61. The summed E-state index contributed by atoms with van der Waals surface area (Å²) in [7, 11) is 0. The monoisotopic (exact) mass is 275 g/mol. The normalized spacial score (nSPS) is 40.2. The molecule has 1 aromatic heterocycles. The Morgan fingerprint density at radius 1 is 1.20 bits per heavy atom. The maximum absolute atomic E-state index is 5.54. The lowest BCUT2D eigenvalue weighted by Gasteiger charge is -2.55. The molecule has 0 saturated heterocycles. The van der Waals surface area contributed by atoms with Gasteiger partial charge in [-0.25, -0.2) is 0 Å². The number of hydrogen-bond acceptors (Lipinski definition) is 4. The van der Waals surface area contributed by atoms with Crippen LogP contribution in [0.1, 0.15) is 70.1 Å². The first kappa shape index (κ1) is 12.8. The quantitative estimate of drug-likeness (QED) is 0.916. The summed E-state index contributed by atoms with van der Waals surface area (Å²) >= 11 is 0. The molecule has 20 heavy (non-hydrogen) atoms. The van der Waals surface area contributed by atoms with Gasteiger partial charge in [0.25, 0.3) is 0 Å². The lowest BCUT2D eigenvalue weighted by molar-refractivity contribution is -0.0103. The van der Waals surface area contributed by atoms with Gasteiger partial charge < -0.3 is 9.84 Å².